The fraction of sp³-hybridized carbons (Fsp3) is 0.588. The fourth-order valence-corrected chi connectivity index (χ4v) is 4.27. The van der Waals surface area contributed by atoms with Crippen molar-refractivity contribution in [3.8, 4) is 0 Å². The maximum atomic E-state index is 12.9. The number of hydrogen-bond acceptors (Lipinski definition) is 4. The molecule has 0 bridgehead atoms. The second kappa shape index (κ2) is 8.48. The summed E-state index contributed by atoms with van der Waals surface area (Å²) in [5.74, 6) is 0.381. The Morgan fingerprint density at radius 1 is 1.33 bits per heavy atom. The molecule has 24 heavy (non-hydrogen) atoms. The van der Waals surface area contributed by atoms with E-state index in [0.717, 1.165) is 25.9 Å². The van der Waals surface area contributed by atoms with Crippen LogP contribution in [0.1, 0.15) is 36.5 Å². The molecule has 0 aromatic heterocycles. The van der Waals surface area contributed by atoms with Crippen molar-refractivity contribution in [1.29, 1.82) is 0 Å². The highest BCUT2D eigenvalue weighted by molar-refractivity contribution is 7.92. The highest BCUT2D eigenvalue weighted by Crippen LogP contribution is 2.23. The predicted octanol–water partition coefficient (Wildman–Crippen LogP) is 1.91. The lowest BCUT2D eigenvalue weighted by atomic mass is 9.97. The van der Waals surface area contributed by atoms with Crippen molar-refractivity contribution in [2.24, 2.45) is 5.92 Å². The number of carbonyl (C=O) groups excluding carboxylic acids is 1. The molecular weight excluding hydrogens is 326 g/mol. The molecule has 7 heteroatoms. The van der Waals surface area contributed by atoms with E-state index in [1.54, 1.807) is 24.3 Å². The molecule has 1 saturated heterocycles. The van der Waals surface area contributed by atoms with E-state index in [2.05, 4.69) is 10.0 Å². The van der Waals surface area contributed by atoms with E-state index in [-0.39, 0.29) is 11.7 Å². The van der Waals surface area contributed by atoms with Gasteiger partial charge in [-0.05, 0) is 50.9 Å². The molecule has 1 fully saturated rings. The van der Waals surface area contributed by atoms with Crippen LogP contribution >= 0.6 is 0 Å². The van der Waals surface area contributed by atoms with E-state index in [4.69, 9.17) is 0 Å². The molecule has 0 radical (unpaired) electrons. The van der Waals surface area contributed by atoms with E-state index in [1.807, 2.05) is 18.9 Å². The van der Waals surface area contributed by atoms with Crippen LogP contribution in [-0.4, -0.2) is 51.7 Å². The van der Waals surface area contributed by atoms with E-state index < -0.39 is 10.0 Å². The van der Waals surface area contributed by atoms with Crippen LogP contribution in [0.25, 0.3) is 0 Å². The van der Waals surface area contributed by atoms with Crippen molar-refractivity contribution >= 4 is 21.6 Å². The molecule has 1 aromatic carbocycles. The normalized spacial score (nSPS) is 18.4. The minimum atomic E-state index is -3.42. The third kappa shape index (κ3) is 4.95. The van der Waals surface area contributed by atoms with Gasteiger partial charge < -0.3 is 10.2 Å². The zero-order chi connectivity index (χ0) is 17.6. The first-order valence-corrected chi connectivity index (χ1v) is 10.2. The molecule has 1 aromatic rings. The second-order valence-electron chi connectivity index (χ2n) is 6.28. The zero-order valence-corrected chi connectivity index (χ0v) is 15.2. The number of piperidine rings is 1. The Balaban J connectivity index is 2.17. The summed E-state index contributed by atoms with van der Waals surface area (Å²) in [4.78, 5) is 14.7. The van der Waals surface area contributed by atoms with Gasteiger partial charge in [-0.1, -0.05) is 19.1 Å². The van der Waals surface area contributed by atoms with E-state index in [9.17, 15) is 13.2 Å². The Kier molecular flexibility index (Phi) is 6.62. The smallest absolute Gasteiger partial charge is 0.255 e. The summed E-state index contributed by atoms with van der Waals surface area (Å²) in [5.41, 5.74) is 0.786. The predicted molar refractivity (Wildman–Crippen MR) is 96.7 cm³/mol. The number of nitrogens with one attached hydrogen (secondary N) is 2. The lowest BCUT2D eigenvalue weighted by Gasteiger charge is -2.33. The average molecular weight is 353 g/mol. The van der Waals surface area contributed by atoms with Crippen LogP contribution in [0.5, 0.6) is 0 Å². The number of anilines is 1. The van der Waals surface area contributed by atoms with E-state index in [1.165, 1.54) is 0 Å². The Morgan fingerprint density at radius 3 is 2.79 bits per heavy atom. The molecule has 1 atom stereocenters. The average Bonchev–Trinajstić information content (AvgIpc) is 2.55. The van der Waals surface area contributed by atoms with Crippen LogP contribution in [0.3, 0.4) is 0 Å². The fourth-order valence-electron chi connectivity index (χ4n) is 3.12. The molecule has 6 nitrogen and oxygen atoms in total. The standard InChI is InChI=1S/C17H27N3O3S/c1-3-11-24(22,23)19-16-9-5-4-8-15(16)17(21)20-10-6-7-14(13-20)12-18-2/h4-5,8-9,14,18-19H,3,6-7,10-13H2,1-2H3. The number of rotatable bonds is 7. The Bertz CT molecular complexity index is 659. The van der Waals surface area contributed by atoms with Gasteiger partial charge in [0.25, 0.3) is 5.91 Å². The number of amides is 1. The van der Waals surface area contributed by atoms with Gasteiger partial charge in [-0.3, -0.25) is 9.52 Å². The molecule has 0 saturated carbocycles. The molecule has 1 unspecified atom stereocenters. The summed E-state index contributed by atoms with van der Waals surface area (Å²) in [6.45, 7) is 4.12. The number of nitrogens with zero attached hydrogens (tertiary/aromatic N) is 1. The van der Waals surface area contributed by atoms with Gasteiger partial charge in [0.1, 0.15) is 0 Å². The van der Waals surface area contributed by atoms with Gasteiger partial charge in [0.05, 0.1) is 17.0 Å². The van der Waals surface area contributed by atoms with Gasteiger partial charge in [0.2, 0.25) is 10.0 Å². The first-order chi connectivity index (χ1) is 11.5. The molecule has 0 aliphatic carbocycles. The van der Waals surface area contributed by atoms with Crippen LogP contribution in [0.2, 0.25) is 0 Å². The first kappa shape index (κ1) is 18.7. The third-order valence-electron chi connectivity index (χ3n) is 4.19. The summed E-state index contributed by atoms with van der Waals surface area (Å²) in [5, 5.41) is 3.16. The van der Waals surface area contributed by atoms with Crippen LogP contribution in [-0.2, 0) is 10.0 Å². The van der Waals surface area contributed by atoms with Crippen LogP contribution in [0.4, 0.5) is 5.69 Å². The molecule has 1 heterocycles. The molecule has 1 amide bonds. The minimum absolute atomic E-state index is 0.0451. The SMILES string of the molecule is CCCS(=O)(=O)Nc1ccccc1C(=O)N1CCCC(CNC)C1. The van der Waals surface area contributed by atoms with E-state index >= 15 is 0 Å². The lowest BCUT2D eigenvalue weighted by Crippen LogP contribution is -2.42. The van der Waals surface area contributed by atoms with Crippen LogP contribution in [0.15, 0.2) is 24.3 Å². The lowest BCUT2D eigenvalue weighted by molar-refractivity contribution is 0.0675. The largest absolute Gasteiger partial charge is 0.338 e. The quantitative estimate of drug-likeness (QED) is 0.785. The van der Waals surface area contributed by atoms with Gasteiger partial charge in [-0.25, -0.2) is 8.42 Å². The van der Waals surface area contributed by atoms with Gasteiger partial charge in [0, 0.05) is 13.1 Å². The summed E-state index contributed by atoms with van der Waals surface area (Å²) < 4.78 is 26.6. The zero-order valence-electron chi connectivity index (χ0n) is 14.4. The first-order valence-electron chi connectivity index (χ1n) is 8.50. The molecule has 1 aliphatic heterocycles. The molecule has 0 spiro atoms. The number of carbonyl (C=O) groups is 1. The number of para-hydroxylation sites is 1. The summed E-state index contributed by atoms with van der Waals surface area (Å²) >= 11 is 0. The van der Waals surface area contributed by atoms with Gasteiger partial charge in [0.15, 0.2) is 0 Å². The number of hydrogen-bond donors (Lipinski definition) is 2. The number of likely N-dealkylation sites (tertiary alicyclic amines) is 1. The highest BCUT2D eigenvalue weighted by atomic mass is 32.2. The topological polar surface area (TPSA) is 78.5 Å². The van der Waals surface area contributed by atoms with Crippen molar-refractivity contribution < 1.29 is 13.2 Å². The molecule has 134 valence electrons. The van der Waals surface area contributed by atoms with Crippen LogP contribution in [0, 0.1) is 5.92 Å². The monoisotopic (exact) mass is 353 g/mol. The summed E-state index contributed by atoms with van der Waals surface area (Å²) in [6, 6.07) is 6.84. The maximum absolute atomic E-state index is 12.9. The van der Waals surface area contributed by atoms with Crippen molar-refractivity contribution in [1.82, 2.24) is 10.2 Å². The third-order valence-corrected chi connectivity index (χ3v) is 5.67. The van der Waals surface area contributed by atoms with Crippen molar-refractivity contribution in [2.45, 2.75) is 26.2 Å². The summed E-state index contributed by atoms with van der Waals surface area (Å²) in [6.07, 6.45) is 2.61. The van der Waals surface area contributed by atoms with Gasteiger partial charge >= 0.3 is 0 Å². The second-order valence-corrected chi connectivity index (χ2v) is 8.13. The molecule has 1 aliphatic rings. The summed E-state index contributed by atoms with van der Waals surface area (Å²) in [7, 11) is -1.51. The molecule has 2 N–H and O–H groups in total. The minimum Gasteiger partial charge on any atom is -0.338 e. The molecular formula is C17H27N3O3S. The van der Waals surface area contributed by atoms with Gasteiger partial charge in [-0.15, -0.1) is 0 Å². The van der Waals surface area contributed by atoms with Crippen molar-refractivity contribution in [2.75, 3.05) is 37.2 Å². The maximum Gasteiger partial charge on any atom is 0.255 e. The van der Waals surface area contributed by atoms with Crippen molar-refractivity contribution in [3.05, 3.63) is 29.8 Å². The van der Waals surface area contributed by atoms with Gasteiger partial charge in [-0.2, -0.15) is 0 Å². The molecule has 2 rings (SSSR count). The van der Waals surface area contributed by atoms with E-state index in [0.29, 0.717) is 30.1 Å². The highest BCUT2D eigenvalue weighted by Gasteiger charge is 2.26. The Hall–Kier alpha value is -1.60. The number of sulfonamides is 1. The Labute approximate surface area is 144 Å². The number of benzene rings is 1. The van der Waals surface area contributed by atoms with Crippen molar-refractivity contribution in [3.63, 3.8) is 0 Å². The van der Waals surface area contributed by atoms with Crippen LogP contribution < -0.4 is 10.0 Å². The Morgan fingerprint density at radius 2 is 2.08 bits per heavy atom.